The van der Waals surface area contributed by atoms with Gasteiger partial charge in [0.1, 0.15) is 5.82 Å². The molecule has 2 aromatic rings. The summed E-state index contributed by atoms with van der Waals surface area (Å²) in [5.41, 5.74) is 4.62. The standard InChI is InChI=1S/C18H21BrFN/c1-4-21-17(16-7-5-6-13(3)18(16)19)11-14-10-15(20)9-8-12(14)2/h5-10,17,21H,4,11H2,1-3H3. The van der Waals surface area contributed by atoms with E-state index in [0.717, 1.165) is 28.6 Å². The minimum Gasteiger partial charge on any atom is -0.310 e. The van der Waals surface area contributed by atoms with Gasteiger partial charge in [-0.2, -0.15) is 0 Å². The van der Waals surface area contributed by atoms with Crippen LogP contribution in [-0.2, 0) is 6.42 Å². The Kier molecular flexibility index (Phi) is 5.54. The van der Waals surface area contributed by atoms with E-state index in [-0.39, 0.29) is 11.9 Å². The smallest absolute Gasteiger partial charge is 0.123 e. The van der Waals surface area contributed by atoms with Gasteiger partial charge in [-0.1, -0.05) is 47.1 Å². The molecule has 112 valence electrons. The second kappa shape index (κ2) is 7.19. The first-order valence-electron chi connectivity index (χ1n) is 7.26. The van der Waals surface area contributed by atoms with Crippen LogP contribution in [0.4, 0.5) is 4.39 Å². The molecule has 0 aliphatic carbocycles. The number of nitrogens with one attached hydrogen (secondary N) is 1. The van der Waals surface area contributed by atoms with Crippen molar-refractivity contribution in [3.63, 3.8) is 0 Å². The van der Waals surface area contributed by atoms with E-state index in [9.17, 15) is 4.39 Å². The predicted octanol–water partition coefficient (Wildman–Crippen LogP) is 5.10. The normalized spacial score (nSPS) is 12.4. The lowest BCUT2D eigenvalue weighted by Gasteiger charge is -2.21. The summed E-state index contributed by atoms with van der Waals surface area (Å²) in [6, 6.07) is 11.5. The highest BCUT2D eigenvalue weighted by molar-refractivity contribution is 9.10. The van der Waals surface area contributed by atoms with E-state index in [1.54, 1.807) is 6.07 Å². The van der Waals surface area contributed by atoms with Crippen LogP contribution in [0.1, 0.15) is 35.2 Å². The van der Waals surface area contributed by atoms with Crippen molar-refractivity contribution in [2.45, 2.75) is 33.2 Å². The molecule has 0 radical (unpaired) electrons. The van der Waals surface area contributed by atoms with Gasteiger partial charge >= 0.3 is 0 Å². The third kappa shape index (κ3) is 3.92. The predicted molar refractivity (Wildman–Crippen MR) is 90.1 cm³/mol. The summed E-state index contributed by atoms with van der Waals surface area (Å²) in [6.07, 6.45) is 0.777. The molecule has 1 atom stereocenters. The fourth-order valence-corrected chi connectivity index (χ4v) is 3.10. The van der Waals surface area contributed by atoms with Gasteiger partial charge in [0.25, 0.3) is 0 Å². The monoisotopic (exact) mass is 349 g/mol. The maximum absolute atomic E-state index is 13.5. The zero-order valence-corrected chi connectivity index (χ0v) is 14.3. The number of likely N-dealkylation sites (N-methyl/N-ethyl adjacent to an activating group) is 1. The summed E-state index contributed by atoms with van der Waals surface area (Å²) in [7, 11) is 0. The maximum atomic E-state index is 13.5. The molecule has 0 amide bonds. The lowest BCUT2D eigenvalue weighted by Crippen LogP contribution is -2.24. The number of hydrogen-bond acceptors (Lipinski definition) is 1. The van der Waals surface area contributed by atoms with Gasteiger partial charge < -0.3 is 5.32 Å². The van der Waals surface area contributed by atoms with Crippen molar-refractivity contribution in [3.05, 3.63) is 68.9 Å². The molecule has 0 heterocycles. The topological polar surface area (TPSA) is 12.0 Å². The third-order valence-corrected chi connectivity index (χ3v) is 4.87. The summed E-state index contributed by atoms with van der Waals surface area (Å²) in [5.74, 6) is -0.172. The molecule has 0 bridgehead atoms. The number of benzene rings is 2. The van der Waals surface area contributed by atoms with Gasteiger partial charge in [-0.05, 0) is 61.2 Å². The van der Waals surface area contributed by atoms with Crippen molar-refractivity contribution in [3.8, 4) is 0 Å². The third-order valence-electron chi connectivity index (χ3n) is 3.78. The van der Waals surface area contributed by atoms with Gasteiger partial charge in [-0.25, -0.2) is 4.39 Å². The molecule has 3 heteroatoms. The van der Waals surface area contributed by atoms with Crippen molar-refractivity contribution < 1.29 is 4.39 Å². The molecule has 0 aliphatic heterocycles. The van der Waals surface area contributed by atoms with Crippen LogP contribution in [0.3, 0.4) is 0 Å². The van der Waals surface area contributed by atoms with E-state index in [1.807, 2.05) is 13.0 Å². The molecule has 0 fully saturated rings. The highest BCUT2D eigenvalue weighted by Gasteiger charge is 2.16. The van der Waals surface area contributed by atoms with Crippen molar-refractivity contribution in [1.29, 1.82) is 0 Å². The largest absolute Gasteiger partial charge is 0.310 e. The molecule has 1 N–H and O–H groups in total. The molecule has 0 aliphatic rings. The fraction of sp³-hybridized carbons (Fsp3) is 0.333. The Balaban J connectivity index is 2.35. The van der Waals surface area contributed by atoms with Gasteiger partial charge in [0, 0.05) is 10.5 Å². The SMILES string of the molecule is CCNC(Cc1cc(F)ccc1C)c1cccc(C)c1Br. The first-order chi connectivity index (χ1) is 10.0. The van der Waals surface area contributed by atoms with E-state index in [1.165, 1.54) is 17.2 Å². The molecule has 0 saturated heterocycles. The van der Waals surface area contributed by atoms with Crippen molar-refractivity contribution >= 4 is 15.9 Å². The second-order valence-electron chi connectivity index (χ2n) is 5.36. The summed E-state index contributed by atoms with van der Waals surface area (Å²) in [4.78, 5) is 0. The zero-order valence-electron chi connectivity index (χ0n) is 12.7. The average molecular weight is 350 g/mol. The minimum atomic E-state index is -0.172. The number of hydrogen-bond donors (Lipinski definition) is 1. The minimum absolute atomic E-state index is 0.171. The Morgan fingerprint density at radius 2 is 1.90 bits per heavy atom. The van der Waals surface area contributed by atoms with Crippen LogP contribution in [0.25, 0.3) is 0 Å². The molecule has 1 unspecified atom stereocenters. The zero-order chi connectivity index (χ0) is 15.4. The van der Waals surface area contributed by atoms with E-state index >= 15 is 0 Å². The Morgan fingerprint density at radius 3 is 2.62 bits per heavy atom. The molecular formula is C18H21BrFN. The summed E-state index contributed by atoms with van der Waals surface area (Å²) in [5, 5.41) is 3.51. The maximum Gasteiger partial charge on any atom is 0.123 e. The van der Waals surface area contributed by atoms with Crippen molar-refractivity contribution in [2.24, 2.45) is 0 Å². The summed E-state index contributed by atoms with van der Waals surface area (Å²) in [6.45, 7) is 7.08. The number of aryl methyl sites for hydroxylation is 2. The van der Waals surface area contributed by atoms with Crippen LogP contribution >= 0.6 is 15.9 Å². The quantitative estimate of drug-likeness (QED) is 0.791. The van der Waals surface area contributed by atoms with E-state index in [4.69, 9.17) is 0 Å². The van der Waals surface area contributed by atoms with Gasteiger partial charge in [0.2, 0.25) is 0 Å². The first-order valence-corrected chi connectivity index (χ1v) is 8.05. The van der Waals surface area contributed by atoms with Gasteiger partial charge in [-0.3, -0.25) is 0 Å². The summed E-state index contributed by atoms with van der Waals surface area (Å²) >= 11 is 3.68. The van der Waals surface area contributed by atoms with Gasteiger partial charge in [0.05, 0.1) is 0 Å². The average Bonchev–Trinajstić information content (AvgIpc) is 2.45. The molecule has 0 aromatic heterocycles. The Bertz CT molecular complexity index is 625. The molecule has 1 nitrogen and oxygen atoms in total. The lowest BCUT2D eigenvalue weighted by molar-refractivity contribution is 0.543. The second-order valence-corrected chi connectivity index (χ2v) is 6.16. The lowest BCUT2D eigenvalue weighted by atomic mass is 9.95. The molecule has 0 saturated carbocycles. The van der Waals surface area contributed by atoms with Crippen LogP contribution < -0.4 is 5.32 Å². The molecule has 2 aromatic carbocycles. The first kappa shape index (κ1) is 16.2. The van der Waals surface area contributed by atoms with Crippen LogP contribution in [-0.4, -0.2) is 6.54 Å². The highest BCUT2D eigenvalue weighted by atomic mass is 79.9. The highest BCUT2D eigenvalue weighted by Crippen LogP contribution is 2.29. The molecule has 0 spiro atoms. The van der Waals surface area contributed by atoms with Crippen LogP contribution in [0, 0.1) is 19.7 Å². The van der Waals surface area contributed by atoms with E-state index < -0.39 is 0 Å². The number of halogens is 2. The Hall–Kier alpha value is -1.19. The molecular weight excluding hydrogens is 329 g/mol. The van der Waals surface area contributed by atoms with Crippen molar-refractivity contribution in [2.75, 3.05) is 6.54 Å². The van der Waals surface area contributed by atoms with E-state index in [2.05, 4.69) is 53.3 Å². The summed E-state index contributed by atoms with van der Waals surface area (Å²) < 4.78 is 14.6. The van der Waals surface area contributed by atoms with Crippen LogP contribution in [0.5, 0.6) is 0 Å². The van der Waals surface area contributed by atoms with Gasteiger partial charge in [-0.15, -0.1) is 0 Å². The van der Waals surface area contributed by atoms with Crippen LogP contribution in [0.2, 0.25) is 0 Å². The van der Waals surface area contributed by atoms with Crippen molar-refractivity contribution in [1.82, 2.24) is 5.32 Å². The molecule has 21 heavy (non-hydrogen) atoms. The number of rotatable bonds is 5. The van der Waals surface area contributed by atoms with Gasteiger partial charge in [0.15, 0.2) is 0 Å². The molecule has 2 rings (SSSR count). The van der Waals surface area contributed by atoms with E-state index in [0.29, 0.717) is 0 Å². The Morgan fingerprint density at radius 1 is 1.14 bits per heavy atom. The van der Waals surface area contributed by atoms with Crippen LogP contribution in [0.15, 0.2) is 40.9 Å². The fourth-order valence-electron chi connectivity index (χ4n) is 2.56. The Labute approximate surface area is 134 Å².